The van der Waals surface area contributed by atoms with Crippen LogP contribution in [0.4, 0.5) is 5.82 Å². The van der Waals surface area contributed by atoms with Crippen molar-refractivity contribution in [1.29, 1.82) is 0 Å². The minimum atomic E-state index is -3.14. The van der Waals surface area contributed by atoms with Gasteiger partial charge in [-0.1, -0.05) is 0 Å². The van der Waals surface area contributed by atoms with Crippen LogP contribution < -0.4 is 4.31 Å². The molecule has 1 aromatic heterocycles. The first kappa shape index (κ1) is 10.2. The van der Waals surface area contributed by atoms with Crippen LogP contribution in [0, 0.1) is 3.57 Å². The second kappa shape index (κ2) is 3.37. The van der Waals surface area contributed by atoms with Crippen LogP contribution >= 0.6 is 22.6 Å². The minimum Gasteiger partial charge on any atom is -0.251 e. The fourth-order valence-electron chi connectivity index (χ4n) is 1.49. The van der Waals surface area contributed by atoms with Gasteiger partial charge in [-0.3, -0.25) is 4.31 Å². The molecule has 0 unspecified atom stereocenters. The standard InChI is InChI=1S/C7H10IN3O2S/c1-2-14(12,13)11-4-3-10-7(11)6(8)5-9-10/h5H,2-4H2,1H3. The fourth-order valence-corrected chi connectivity index (χ4v) is 3.47. The van der Waals surface area contributed by atoms with E-state index in [4.69, 9.17) is 0 Å². The summed E-state index contributed by atoms with van der Waals surface area (Å²) in [4.78, 5) is 0. The lowest BCUT2D eigenvalue weighted by Crippen LogP contribution is -2.30. The van der Waals surface area contributed by atoms with Gasteiger partial charge in [-0.05, 0) is 29.5 Å². The number of fused-ring (bicyclic) bond motifs is 1. The van der Waals surface area contributed by atoms with Crippen LogP contribution in [0.1, 0.15) is 6.92 Å². The molecule has 0 aromatic carbocycles. The Morgan fingerprint density at radius 1 is 1.57 bits per heavy atom. The predicted octanol–water partition coefficient (Wildman–Crippen LogP) is 0.657. The Morgan fingerprint density at radius 2 is 2.29 bits per heavy atom. The third kappa shape index (κ3) is 1.42. The molecule has 0 saturated carbocycles. The highest BCUT2D eigenvalue weighted by atomic mass is 127. The predicted molar refractivity (Wildman–Crippen MR) is 61.8 cm³/mol. The summed E-state index contributed by atoms with van der Waals surface area (Å²) in [6.07, 6.45) is 1.69. The smallest absolute Gasteiger partial charge is 0.236 e. The van der Waals surface area contributed by atoms with Gasteiger partial charge in [0.05, 0.1) is 28.6 Å². The van der Waals surface area contributed by atoms with Gasteiger partial charge in [-0.25, -0.2) is 13.1 Å². The molecule has 78 valence electrons. The van der Waals surface area contributed by atoms with Crippen LogP contribution in [-0.2, 0) is 16.6 Å². The molecule has 1 aliphatic rings. The number of sulfonamides is 1. The summed E-state index contributed by atoms with van der Waals surface area (Å²) in [5.74, 6) is 0.848. The number of anilines is 1. The Bertz CT molecular complexity index is 454. The van der Waals surface area contributed by atoms with Crippen molar-refractivity contribution in [2.45, 2.75) is 13.5 Å². The molecular weight excluding hydrogens is 317 g/mol. The maximum absolute atomic E-state index is 11.7. The van der Waals surface area contributed by atoms with Crippen LogP contribution in [0.3, 0.4) is 0 Å². The highest BCUT2D eigenvalue weighted by Crippen LogP contribution is 2.29. The highest BCUT2D eigenvalue weighted by Gasteiger charge is 2.30. The fraction of sp³-hybridized carbons (Fsp3) is 0.571. The molecule has 5 nitrogen and oxygen atoms in total. The van der Waals surface area contributed by atoms with Crippen LogP contribution in [-0.4, -0.2) is 30.5 Å². The van der Waals surface area contributed by atoms with E-state index in [1.165, 1.54) is 4.31 Å². The van der Waals surface area contributed by atoms with Gasteiger partial charge < -0.3 is 0 Å². The summed E-state index contributed by atoms with van der Waals surface area (Å²) < 4.78 is 27.5. The van der Waals surface area contributed by atoms with Crippen molar-refractivity contribution in [2.24, 2.45) is 0 Å². The van der Waals surface area contributed by atoms with Crippen molar-refractivity contribution in [1.82, 2.24) is 9.78 Å². The maximum Gasteiger partial charge on any atom is 0.236 e. The van der Waals surface area contributed by atoms with Crippen molar-refractivity contribution in [3.63, 3.8) is 0 Å². The van der Waals surface area contributed by atoms with Crippen LogP contribution in [0.25, 0.3) is 0 Å². The molecule has 0 fully saturated rings. The SMILES string of the molecule is CCS(=O)(=O)N1CCn2ncc(I)c21. The summed E-state index contributed by atoms with van der Waals surface area (Å²) in [6, 6.07) is 0. The lowest BCUT2D eigenvalue weighted by molar-refractivity contribution is 0.593. The zero-order valence-electron chi connectivity index (χ0n) is 7.64. The summed E-state index contributed by atoms with van der Waals surface area (Å²) in [5, 5.41) is 4.10. The molecule has 1 aliphatic heterocycles. The first-order valence-electron chi connectivity index (χ1n) is 4.28. The van der Waals surface area contributed by atoms with Crippen LogP contribution in [0.2, 0.25) is 0 Å². The van der Waals surface area contributed by atoms with E-state index in [2.05, 4.69) is 27.7 Å². The maximum atomic E-state index is 11.7. The van der Waals surface area contributed by atoms with Crippen molar-refractivity contribution >= 4 is 38.4 Å². The molecule has 7 heteroatoms. The molecule has 2 rings (SSSR count). The van der Waals surface area contributed by atoms with E-state index in [0.717, 1.165) is 3.57 Å². The zero-order chi connectivity index (χ0) is 10.3. The number of hydrogen-bond acceptors (Lipinski definition) is 3. The molecule has 0 atom stereocenters. The van der Waals surface area contributed by atoms with Gasteiger partial charge in [0.25, 0.3) is 0 Å². The lowest BCUT2D eigenvalue weighted by atomic mass is 10.6. The molecule has 0 N–H and O–H groups in total. The summed E-state index contributed by atoms with van der Waals surface area (Å²) in [5.41, 5.74) is 0. The van der Waals surface area contributed by atoms with Crippen LogP contribution in [0.5, 0.6) is 0 Å². The Balaban J connectivity index is 2.48. The van der Waals surface area contributed by atoms with E-state index < -0.39 is 10.0 Å². The van der Waals surface area contributed by atoms with Gasteiger partial charge in [0.1, 0.15) is 0 Å². The normalized spacial score (nSPS) is 16.0. The first-order chi connectivity index (χ1) is 6.56. The molecule has 0 aliphatic carbocycles. The Kier molecular flexibility index (Phi) is 2.46. The topological polar surface area (TPSA) is 55.2 Å². The van der Waals surface area contributed by atoms with Crippen LogP contribution in [0.15, 0.2) is 6.20 Å². The molecule has 2 heterocycles. The van der Waals surface area contributed by atoms with Gasteiger partial charge in [0.2, 0.25) is 10.0 Å². The number of rotatable bonds is 2. The number of aromatic nitrogens is 2. The van der Waals surface area contributed by atoms with E-state index in [9.17, 15) is 8.42 Å². The quantitative estimate of drug-likeness (QED) is 0.750. The van der Waals surface area contributed by atoms with Gasteiger partial charge >= 0.3 is 0 Å². The van der Waals surface area contributed by atoms with Crippen molar-refractivity contribution in [3.8, 4) is 0 Å². The Morgan fingerprint density at radius 3 is 2.93 bits per heavy atom. The number of hydrogen-bond donors (Lipinski definition) is 0. The van der Waals surface area contributed by atoms with E-state index in [1.54, 1.807) is 17.8 Å². The largest absolute Gasteiger partial charge is 0.251 e. The molecule has 0 spiro atoms. The minimum absolute atomic E-state index is 0.133. The van der Waals surface area contributed by atoms with E-state index in [-0.39, 0.29) is 5.75 Å². The summed E-state index contributed by atoms with van der Waals surface area (Å²) in [6.45, 7) is 2.81. The Labute approximate surface area is 96.3 Å². The molecule has 0 radical (unpaired) electrons. The van der Waals surface area contributed by atoms with Crippen molar-refractivity contribution < 1.29 is 8.42 Å². The molecule has 14 heavy (non-hydrogen) atoms. The average molecular weight is 327 g/mol. The van der Waals surface area contributed by atoms with Crippen molar-refractivity contribution in [3.05, 3.63) is 9.77 Å². The van der Waals surface area contributed by atoms with Gasteiger partial charge in [0.15, 0.2) is 5.82 Å². The highest BCUT2D eigenvalue weighted by molar-refractivity contribution is 14.1. The summed E-state index contributed by atoms with van der Waals surface area (Å²) in [7, 11) is -3.14. The van der Waals surface area contributed by atoms with E-state index in [0.29, 0.717) is 18.9 Å². The van der Waals surface area contributed by atoms with Gasteiger partial charge in [0, 0.05) is 0 Å². The third-order valence-electron chi connectivity index (χ3n) is 2.22. The molecule has 0 bridgehead atoms. The second-order valence-electron chi connectivity index (χ2n) is 3.01. The monoisotopic (exact) mass is 327 g/mol. The van der Waals surface area contributed by atoms with E-state index in [1.807, 2.05) is 0 Å². The number of nitrogens with zero attached hydrogens (tertiary/aromatic N) is 3. The third-order valence-corrected chi connectivity index (χ3v) is 4.74. The molecular formula is C7H10IN3O2S. The van der Waals surface area contributed by atoms with Gasteiger partial charge in [-0.2, -0.15) is 5.10 Å². The van der Waals surface area contributed by atoms with Gasteiger partial charge in [-0.15, -0.1) is 0 Å². The van der Waals surface area contributed by atoms with E-state index >= 15 is 0 Å². The molecule has 0 saturated heterocycles. The Hall–Kier alpha value is -0.310. The first-order valence-corrected chi connectivity index (χ1v) is 6.97. The second-order valence-corrected chi connectivity index (χ2v) is 6.36. The molecule has 0 amide bonds. The zero-order valence-corrected chi connectivity index (χ0v) is 10.6. The average Bonchev–Trinajstić information content (AvgIpc) is 2.69. The van der Waals surface area contributed by atoms with Crippen molar-refractivity contribution in [2.75, 3.05) is 16.6 Å². The number of halogens is 1. The molecule has 1 aromatic rings. The summed E-state index contributed by atoms with van der Waals surface area (Å²) >= 11 is 2.10. The lowest BCUT2D eigenvalue weighted by Gasteiger charge is -2.16.